The van der Waals surface area contributed by atoms with E-state index in [-0.39, 0.29) is 14.9 Å². The molecule has 7 heteroatoms. The van der Waals surface area contributed by atoms with Gasteiger partial charge in [-0.05, 0) is 34.1 Å². The van der Waals surface area contributed by atoms with Crippen LogP contribution in [0.1, 0.15) is 10.4 Å². The second kappa shape index (κ2) is 3.68. The van der Waals surface area contributed by atoms with Gasteiger partial charge in [0.15, 0.2) is 0 Å². The molecule has 0 heterocycles. The highest BCUT2D eigenvalue weighted by atomic mass is 79.9. The molecule has 0 unspecified atom stereocenters. The zero-order chi connectivity index (χ0) is 10.9. The number of carboxylic acids is 1. The van der Waals surface area contributed by atoms with Crippen molar-refractivity contribution in [2.75, 3.05) is 0 Å². The standard InChI is InChI=1S/C7H5BrO5S/c8-6-3-4(14(11,12)13)1-2-5(6)7(9)10/h1-3H,(H,9,10)(H,11,12,13). The number of aromatic carboxylic acids is 1. The third kappa shape index (κ3) is 2.31. The van der Waals surface area contributed by atoms with E-state index in [1.54, 1.807) is 0 Å². The average molecular weight is 281 g/mol. The van der Waals surface area contributed by atoms with Crippen LogP contribution in [0.5, 0.6) is 0 Å². The van der Waals surface area contributed by atoms with Crippen LogP contribution in [0.3, 0.4) is 0 Å². The van der Waals surface area contributed by atoms with Gasteiger partial charge in [-0.2, -0.15) is 8.42 Å². The van der Waals surface area contributed by atoms with Crippen LogP contribution in [0.2, 0.25) is 0 Å². The van der Waals surface area contributed by atoms with Crippen LogP contribution in [-0.4, -0.2) is 24.0 Å². The van der Waals surface area contributed by atoms with Crippen molar-refractivity contribution in [3.05, 3.63) is 28.2 Å². The first-order chi connectivity index (χ1) is 6.32. The molecule has 1 aromatic rings. The van der Waals surface area contributed by atoms with Gasteiger partial charge in [-0.25, -0.2) is 4.79 Å². The van der Waals surface area contributed by atoms with Gasteiger partial charge in [-0.3, -0.25) is 4.55 Å². The summed E-state index contributed by atoms with van der Waals surface area (Å²) in [6.07, 6.45) is 0. The first-order valence-electron chi connectivity index (χ1n) is 3.32. The van der Waals surface area contributed by atoms with Crippen LogP contribution in [0.25, 0.3) is 0 Å². The Hall–Kier alpha value is -0.920. The number of halogens is 1. The summed E-state index contributed by atoms with van der Waals surface area (Å²) in [5.74, 6) is -1.18. The molecule has 0 amide bonds. The summed E-state index contributed by atoms with van der Waals surface area (Å²) in [4.78, 5) is 10.2. The summed E-state index contributed by atoms with van der Waals surface area (Å²) in [6, 6.07) is 3.14. The normalized spacial score (nSPS) is 11.3. The van der Waals surface area contributed by atoms with Gasteiger partial charge in [0.25, 0.3) is 10.1 Å². The van der Waals surface area contributed by atoms with Crippen molar-refractivity contribution in [3.63, 3.8) is 0 Å². The highest BCUT2D eigenvalue weighted by molar-refractivity contribution is 9.10. The van der Waals surface area contributed by atoms with Gasteiger partial charge in [0.1, 0.15) is 0 Å². The molecule has 1 rings (SSSR count). The topological polar surface area (TPSA) is 91.7 Å². The van der Waals surface area contributed by atoms with E-state index in [0.29, 0.717) is 0 Å². The molecule has 5 nitrogen and oxygen atoms in total. The van der Waals surface area contributed by atoms with Crippen molar-refractivity contribution >= 4 is 32.0 Å². The Balaban J connectivity index is 3.34. The molecule has 0 atom stereocenters. The molecule has 0 saturated carbocycles. The van der Waals surface area contributed by atoms with E-state index >= 15 is 0 Å². The highest BCUT2D eigenvalue weighted by Gasteiger charge is 2.14. The smallest absolute Gasteiger partial charge is 0.336 e. The minimum atomic E-state index is -4.29. The number of hydrogen-bond donors (Lipinski definition) is 2. The van der Waals surface area contributed by atoms with Gasteiger partial charge in [0.05, 0.1) is 10.5 Å². The zero-order valence-electron chi connectivity index (χ0n) is 6.64. The molecule has 76 valence electrons. The molecule has 0 radical (unpaired) electrons. The molecular formula is C7H5BrO5S. The van der Waals surface area contributed by atoms with Crippen LogP contribution in [0.4, 0.5) is 0 Å². The lowest BCUT2D eigenvalue weighted by atomic mass is 10.2. The SMILES string of the molecule is O=C(O)c1ccc(S(=O)(=O)O)cc1Br. The Bertz CT molecular complexity index is 479. The number of rotatable bonds is 2. The maximum atomic E-state index is 10.7. The molecule has 0 saturated heterocycles. The first kappa shape index (κ1) is 11.2. The van der Waals surface area contributed by atoms with E-state index in [1.165, 1.54) is 0 Å². The van der Waals surface area contributed by atoms with Crippen molar-refractivity contribution in [1.82, 2.24) is 0 Å². The zero-order valence-corrected chi connectivity index (χ0v) is 9.04. The van der Waals surface area contributed by atoms with Crippen LogP contribution in [0, 0.1) is 0 Å². The summed E-state index contributed by atoms with van der Waals surface area (Å²) in [6.45, 7) is 0. The number of carboxylic acid groups (broad SMARTS) is 1. The lowest BCUT2D eigenvalue weighted by Gasteiger charge is -2.01. The van der Waals surface area contributed by atoms with Gasteiger partial charge in [-0.15, -0.1) is 0 Å². The minimum absolute atomic E-state index is 0.0719. The third-order valence-electron chi connectivity index (χ3n) is 1.47. The van der Waals surface area contributed by atoms with Crippen LogP contribution in [-0.2, 0) is 10.1 Å². The molecule has 0 aromatic heterocycles. The highest BCUT2D eigenvalue weighted by Crippen LogP contribution is 2.21. The summed E-state index contributed by atoms with van der Waals surface area (Å²) in [7, 11) is -4.29. The molecule has 14 heavy (non-hydrogen) atoms. The summed E-state index contributed by atoms with van der Waals surface area (Å²) < 4.78 is 30.1. The van der Waals surface area contributed by atoms with E-state index in [1.807, 2.05) is 0 Å². The lowest BCUT2D eigenvalue weighted by Crippen LogP contribution is -2.02. The molecule has 2 N–H and O–H groups in total. The Kier molecular flexibility index (Phi) is 2.93. The van der Waals surface area contributed by atoms with E-state index < -0.39 is 16.1 Å². The Morgan fingerprint density at radius 3 is 2.29 bits per heavy atom. The lowest BCUT2D eigenvalue weighted by molar-refractivity contribution is 0.0695. The molecule has 0 aliphatic rings. The van der Waals surface area contributed by atoms with Gasteiger partial charge in [0, 0.05) is 4.47 Å². The third-order valence-corrected chi connectivity index (χ3v) is 2.97. The predicted molar refractivity (Wildman–Crippen MR) is 50.9 cm³/mol. The minimum Gasteiger partial charge on any atom is -0.478 e. The average Bonchev–Trinajstić information content (AvgIpc) is 2.01. The van der Waals surface area contributed by atoms with Crippen LogP contribution < -0.4 is 0 Å². The molecule has 0 fully saturated rings. The fourth-order valence-electron chi connectivity index (χ4n) is 0.830. The van der Waals surface area contributed by atoms with Crippen LogP contribution in [0.15, 0.2) is 27.6 Å². The van der Waals surface area contributed by atoms with Crippen molar-refractivity contribution in [1.29, 1.82) is 0 Å². The molecule has 0 aliphatic heterocycles. The van der Waals surface area contributed by atoms with E-state index in [0.717, 1.165) is 18.2 Å². The largest absolute Gasteiger partial charge is 0.478 e. The van der Waals surface area contributed by atoms with Crippen LogP contribution >= 0.6 is 15.9 Å². The Labute approximate surface area is 88.2 Å². The number of benzene rings is 1. The van der Waals surface area contributed by atoms with Gasteiger partial charge in [0.2, 0.25) is 0 Å². The van der Waals surface area contributed by atoms with E-state index in [9.17, 15) is 13.2 Å². The fourth-order valence-corrected chi connectivity index (χ4v) is 2.04. The van der Waals surface area contributed by atoms with E-state index in [4.69, 9.17) is 9.66 Å². The number of carbonyl (C=O) groups is 1. The molecule has 0 aliphatic carbocycles. The van der Waals surface area contributed by atoms with Gasteiger partial charge in [-0.1, -0.05) is 0 Å². The molecule has 1 aromatic carbocycles. The Morgan fingerprint density at radius 2 is 1.93 bits per heavy atom. The summed E-state index contributed by atoms with van der Waals surface area (Å²) >= 11 is 2.88. The summed E-state index contributed by atoms with van der Waals surface area (Å²) in [5, 5.41) is 8.62. The number of hydrogen-bond acceptors (Lipinski definition) is 3. The second-order valence-corrected chi connectivity index (χ2v) is 4.70. The van der Waals surface area contributed by atoms with Crippen molar-refractivity contribution < 1.29 is 22.9 Å². The van der Waals surface area contributed by atoms with Gasteiger partial charge < -0.3 is 5.11 Å². The van der Waals surface area contributed by atoms with Crippen molar-refractivity contribution in [2.45, 2.75) is 4.90 Å². The molecule has 0 spiro atoms. The Morgan fingerprint density at radius 1 is 1.36 bits per heavy atom. The second-order valence-electron chi connectivity index (χ2n) is 2.42. The monoisotopic (exact) mass is 280 g/mol. The molecule has 0 bridgehead atoms. The van der Waals surface area contributed by atoms with Crippen molar-refractivity contribution in [2.24, 2.45) is 0 Å². The molecular weight excluding hydrogens is 276 g/mol. The maximum Gasteiger partial charge on any atom is 0.336 e. The first-order valence-corrected chi connectivity index (χ1v) is 5.56. The van der Waals surface area contributed by atoms with Gasteiger partial charge >= 0.3 is 5.97 Å². The van der Waals surface area contributed by atoms with E-state index in [2.05, 4.69) is 15.9 Å². The van der Waals surface area contributed by atoms with Crippen molar-refractivity contribution in [3.8, 4) is 0 Å². The quantitative estimate of drug-likeness (QED) is 0.799. The summed E-state index contributed by atoms with van der Waals surface area (Å²) in [5.41, 5.74) is -0.0719. The fraction of sp³-hybridized carbons (Fsp3) is 0. The maximum absolute atomic E-state index is 10.7. The predicted octanol–water partition coefficient (Wildman–Crippen LogP) is 1.39.